The number of aromatic nitrogens is 1. The Morgan fingerprint density at radius 1 is 1.00 bits per heavy atom. The van der Waals surface area contributed by atoms with E-state index in [9.17, 15) is 0 Å². The molecule has 0 unspecified atom stereocenters. The summed E-state index contributed by atoms with van der Waals surface area (Å²) in [4.78, 5) is 11.8. The summed E-state index contributed by atoms with van der Waals surface area (Å²) in [6.07, 6.45) is 2.15. The van der Waals surface area contributed by atoms with Gasteiger partial charge < -0.3 is 14.5 Å². The Balaban J connectivity index is 1.22. The third-order valence-electron chi connectivity index (χ3n) is 5.83. The number of rotatable bonds is 6. The quantitative estimate of drug-likeness (QED) is 0.768. The normalized spacial score (nSPS) is 19.1. The summed E-state index contributed by atoms with van der Waals surface area (Å²) in [5.74, 6) is 2.52. The zero-order valence-electron chi connectivity index (χ0n) is 17.3. The van der Waals surface area contributed by atoms with Crippen LogP contribution in [0.25, 0.3) is 0 Å². The summed E-state index contributed by atoms with van der Waals surface area (Å²) in [6.45, 7) is 11.7. The molecule has 2 fully saturated rings. The van der Waals surface area contributed by atoms with Gasteiger partial charge in [0, 0.05) is 45.8 Å². The zero-order valence-corrected chi connectivity index (χ0v) is 17.3. The molecule has 0 spiro atoms. The molecule has 3 heterocycles. The summed E-state index contributed by atoms with van der Waals surface area (Å²) >= 11 is 0. The Morgan fingerprint density at radius 2 is 1.71 bits per heavy atom. The smallest absolute Gasteiger partial charge is 0.138 e. The average Bonchev–Trinajstić information content (AvgIpc) is 2.68. The van der Waals surface area contributed by atoms with Crippen LogP contribution >= 0.6 is 0 Å². The highest BCUT2D eigenvalue weighted by molar-refractivity contribution is 5.41. The summed E-state index contributed by atoms with van der Waals surface area (Å²) in [6, 6.07) is 13.2. The predicted molar refractivity (Wildman–Crippen MR) is 114 cm³/mol. The third kappa shape index (κ3) is 4.65. The summed E-state index contributed by atoms with van der Waals surface area (Å²) < 4.78 is 6.10. The monoisotopic (exact) mass is 380 g/mol. The van der Waals surface area contributed by atoms with Crippen molar-refractivity contribution < 1.29 is 4.74 Å². The van der Waals surface area contributed by atoms with Gasteiger partial charge in [-0.05, 0) is 36.2 Å². The fourth-order valence-corrected chi connectivity index (χ4v) is 3.85. The van der Waals surface area contributed by atoms with Crippen molar-refractivity contribution in [3.63, 3.8) is 0 Å². The second-order valence-electron chi connectivity index (χ2n) is 8.47. The molecule has 1 aromatic carbocycles. The van der Waals surface area contributed by atoms with Gasteiger partial charge in [-0.15, -0.1) is 0 Å². The van der Waals surface area contributed by atoms with E-state index < -0.39 is 0 Å². The first kappa shape index (κ1) is 19.2. The highest BCUT2D eigenvalue weighted by Crippen LogP contribution is 2.22. The number of nitrogens with zero attached hydrogens (tertiary/aromatic N) is 4. The third-order valence-corrected chi connectivity index (χ3v) is 5.83. The minimum Gasteiger partial charge on any atom is -0.486 e. The van der Waals surface area contributed by atoms with Gasteiger partial charge in [-0.3, -0.25) is 4.90 Å². The predicted octanol–water partition coefficient (Wildman–Crippen LogP) is 3.22. The Labute approximate surface area is 168 Å². The number of hydrogen-bond acceptors (Lipinski definition) is 5. The molecule has 5 nitrogen and oxygen atoms in total. The van der Waals surface area contributed by atoms with Gasteiger partial charge in [0.05, 0.1) is 6.20 Å². The molecule has 28 heavy (non-hydrogen) atoms. The molecule has 0 amide bonds. The van der Waals surface area contributed by atoms with Crippen LogP contribution in [0.3, 0.4) is 0 Å². The number of pyridine rings is 1. The Kier molecular flexibility index (Phi) is 5.83. The molecule has 4 rings (SSSR count). The average molecular weight is 381 g/mol. The molecule has 0 N–H and O–H groups in total. The molecule has 2 aliphatic heterocycles. The van der Waals surface area contributed by atoms with Crippen LogP contribution in [-0.2, 0) is 6.54 Å². The highest BCUT2D eigenvalue weighted by atomic mass is 16.5. The molecule has 0 radical (unpaired) electrons. The van der Waals surface area contributed by atoms with Crippen molar-refractivity contribution in [1.82, 2.24) is 14.8 Å². The van der Waals surface area contributed by atoms with E-state index in [1.807, 2.05) is 6.20 Å². The Bertz CT molecular complexity index is 745. The molecular formula is C23H32N4O. The summed E-state index contributed by atoms with van der Waals surface area (Å²) in [7, 11) is 2.17. The van der Waals surface area contributed by atoms with Crippen molar-refractivity contribution >= 4 is 5.82 Å². The van der Waals surface area contributed by atoms with Gasteiger partial charge in [-0.2, -0.15) is 0 Å². The van der Waals surface area contributed by atoms with Gasteiger partial charge in [0.2, 0.25) is 0 Å². The number of piperazine rings is 1. The van der Waals surface area contributed by atoms with Crippen LogP contribution in [-0.4, -0.2) is 67.2 Å². The van der Waals surface area contributed by atoms with E-state index in [1.54, 1.807) is 0 Å². The first-order valence-corrected chi connectivity index (χ1v) is 10.4. The molecule has 5 heteroatoms. The van der Waals surface area contributed by atoms with E-state index in [1.165, 1.54) is 11.1 Å². The fourth-order valence-electron chi connectivity index (χ4n) is 3.85. The molecular weight excluding hydrogens is 348 g/mol. The van der Waals surface area contributed by atoms with E-state index in [4.69, 9.17) is 4.74 Å². The maximum atomic E-state index is 6.10. The molecule has 2 aliphatic rings. The lowest BCUT2D eigenvalue weighted by atomic mass is 10.0. The van der Waals surface area contributed by atoms with Gasteiger partial charge in [-0.1, -0.05) is 38.1 Å². The highest BCUT2D eigenvalue weighted by Gasteiger charge is 2.28. The van der Waals surface area contributed by atoms with Crippen molar-refractivity contribution in [2.45, 2.75) is 32.4 Å². The number of benzene rings is 1. The topological polar surface area (TPSA) is 31.8 Å². The standard InChI is InChI=1S/C23H32N4O/c1-18(2)20-6-4-19(5-7-20)15-26-16-22(17-26)28-21-8-9-23(24-14-21)27-12-10-25(3)11-13-27/h4-9,14,18,22H,10-13,15-17H2,1-3H3. The van der Waals surface area contributed by atoms with Crippen LogP contribution in [0, 0.1) is 0 Å². The number of likely N-dealkylation sites (N-methyl/N-ethyl adjacent to an activating group) is 1. The molecule has 1 aromatic heterocycles. The lowest BCUT2D eigenvalue weighted by Gasteiger charge is -2.39. The van der Waals surface area contributed by atoms with Gasteiger partial charge in [0.15, 0.2) is 0 Å². The SMILES string of the molecule is CC(C)c1ccc(CN2CC(Oc3ccc(N4CCN(C)CC4)nc3)C2)cc1. The van der Waals surface area contributed by atoms with Gasteiger partial charge >= 0.3 is 0 Å². The van der Waals surface area contributed by atoms with Crippen molar-refractivity contribution in [3.05, 3.63) is 53.7 Å². The van der Waals surface area contributed by atoms with E-state index in [-0.39, 0.29) is 6.10 Å². The summed E-state index contributed by atoms with van der Waals surface area (Å²) in [5, 5.41) is 0. The summed E-state index contributed by atoms with van der Waals surface area (Å²) in [5.41, 5.74) is 2.78. The lowest BCUT2D eigenvalue weighted by molar-refractivity contribution is 0.0144. The van der Waals surface area contributed by atoms with Crippen molar-refractivity contribution in [3.8, 4) is 5.75 Å². The molecule has 0 atom stereocenters. The van der Waals surface area contributed by atoms with E-state index in [2.05, 4.69) is 77.0 Å². The Hall–Kier alpha value is -2.11. The molecule has 2 aromatic rings. The van der Waals surface area contributed by atoms with Crippen LogP contribution < -0.4 is 9.64 Å². The molecule has 150 valence electrons. The fraction of sp³-hybridized carbons (Fsp3) is 0.522. The maximum Gasteiger partial charge on any atom is 0.138 e. The van der Waals surface area contributed by atoms with Crippen molar-refractivity contribution in [2.24, 2.45) is 0 Å². The van der Waals surface area contributed by atoms with Gasteiger partial charge in [0.1, 0.15) is 17.7 Å². The number of likely N-dealkylation sites (tertiary alicyclic amines) is 1. The maximum absolute atomic E-state index is 6.10. The van der Waals surface area contributed by atoms with E-state index >= 15 is 0 Å². The minimum absolute atomic E-state index is 0.270. The zero-order chi connectivity index (χ0) is 19.5. The molecule has 0 saturated carbocycles. The second-order valence-corrected chi connectivity index (χ2v) is 8.47. The number of ether oxygens (including phenoxy) is 1. The lowest BCUT2D eigenvalue weighted by Crippen LogP contribution is -2.53. The largest absolute Gasteiger partial charge is 0.486 e. The second kappa shape index (κ2) is 8.50. The van der Waals surface area contributed by atoms with Crippen LogP contribution in [0.2, 0.25) is 0 Å². The van der Waals surface area contributed by atoms with Gasteiger partial charge in [0.25, 0.3) is 0 Å². The van der Waals surface area contributed by atoms with Crippen molar-refractivity contribution in [1.29, 1.82) is 0 Å². The van der Waals surface area contributed by atoms with Crippen LogP contribution in [0.5, 0.6) is 5.75 Å². The first-order chi connectivity index (χ1) is 13.6. The van der Waals surface area contributed by atoms with E-state index in [0.29, 0.717) is 5.92 Å². The minimum atomic E-state index is 0.270. The Morgan fingerprint density at radius 3 is 2.32 bits per heavy atom. The van der Waals surface area contributed by atoms with Gasteiger partial charge in [-0.25, -0.2) is 4.98 Å². The first-order valence-electron chi connectivity index (χ1n) is 10.4. The van der Waals surface area contributed by atoms with Crippen LogP contribution in [0.1, 0.15) is 30.9 Å². The number of hydrogen-bond donors (Lipinski definition) is 0. The molecule has 0 aliphatic carbocycles. The van der Waals surface area contributed by atoms with Crippen LogP contribution in [0.15, 0.2) is 42.6 Å². The van der Waals surface area contributed by atoms with E-state index in [0.717, 1.165) is 57.4 Å². The van der Waals surface area contributed by atoms with Crippen LogP contribution in [0.4, 0.5) is 5.82 Å². The molecule has 0 bridgehead atoms. The van der Waals surface area contributed by atoms with Crippen molar-refractivity contribution in [2.75, 3.05) is 51.2 Å². The molecule has 2 saturated heterocycles. The number of anilines is 1.